The average molecular weight is 577 g/mol. The molecule has 1 saturated heterocycles. The maximum Gasteiger partial charge on any atom is 0.363 e. The Bertz CT molecular complexity index is 1710. The van der Waals surface area contributed by atoms with E-state index >= 15 is 0 Å². The number of methoxy groups -OCH3 is 1. The van der Waals surface area contributed by atoms with Crippen LogP contribution in [0.25, 0.3) is 10.9 Å². The zero-order valence-electron chi connectivity index (χ0n) is 23.1. The van der Waals surface area contributed by atoms with Crippen molar-refractivity contribution in [2.75, 3.05) is 25.1 Å². The van der Waals surface area contributed by atoms with Crippen molar-refractivity contribution in [3.63, 3.8) is 0 Å². The van der Waals surface area contributed by atoms with Crippen LogP contribution in [0.5, 0.6) is 5.88 Å². The molecule has 0 amide bonds. The molecule has 0 radical (unpaired) electrons. The van der Waals surface area contributed by atoms with E-state index in [1.807, 2.05) is 16.7 Å². The first kappa shape index (κ1) is 27.7. The van der Waals surface area contributed by atoms with Gasteiger partial charge in [-0.3, -0.25) is 9.69 Å². The van der Waals surface area contributed by atoms with E-state index in [1.54, 1.807) is 25.6 Å². The van der Waals surface area contributed by atoms with Crippen LogP contribution in [0.4, 0.5) is 20.3 Å². The third-order valence-electron chi connectivity index (χ3n) is 8.21. The van der Waals surface area contributed by atoms with Gasteiger partial charge in [-0.1, -0.05) is 0 Å². The summed E-state index contributed by atoms with van der Waals surface area (Å²) < 4.78 is 36.4. The van der Waals surface area contributed by atoms with Crippen molar-refractivity contribution in [1.29, 1.82) is 0 Å². The van der Waals surface area contributed by atoms with Crippen LogP contribution in [0.2, 0.25) is 0 Å². The third-order valence-corrected chi connectivity index (χ3v) is 8.21. The molecule has 0 N–H and O–H groups in total. The predicted octanol–water partition coefficient (Wildman–Crippen LogP) is 4.60. The van der Waals surface area contributed by atoms with Crippen molar-refractivity contribution in [1.82, 2.24) is 19.4 Å². The number of nitrogens with zero attached hydrogens (tertiary/aromatic N) is 6. The Kier molecular flexibility index (Phi) is 7.55. The van der Waals surface area contributed by atoms with Gasteiger partial charge in [-0.05, 0) is 59.4 Å². The largest absolute Gasteiger partial charge is 0.481 e. The van der Waals surface area contributed by atoms with Gasteiger partial charge in [0.05, 0.1) is 18.3 Å². The van der Waals surface area contributed by atoms with E-state index < -0.39 is 16.6 Å². The Morgan fingerprint density at radius 2 is 2.00 bits per heavy atom. The molecule has 2 aliphatic heterocycles. The number of hydrogen-bond donors (Lipinski definition) is 0. The Morgan fingerprint density at radius 3 is 2.76 bits per heavy atom. The lowest BCUT2D eigenvalue weighted by atomic mass is 9.98. The van der Waals surface area contributed by atoms with Gasteiger partial charge >= 0.3 is 5.82 Å². The molecule has 0 saturated carbocycles. The fourth-order valence-electron chi connectivity index (χ4n) is 6.19. The molecule has 3 aromatic heterocycles. The molecule has 0 bridgehead atoms. The van der Waals surface area contributed by atoms with Gasteiger partial charge in [-0.15, -0.1) is 0 Å². The summed E-state index contributed by atoms with van der Waals surface area (Å²) in [6.07, 6.45) is 7.78. The lowest BCUT2D eigenvalue weighted by Gasteiger charge is -2.40. The highest BCUT2D eigenvalue weighted by atomic mass is 19.2. The summed E-state index contributed by atoms with van der Waals surface area (Å²) in [7, 11) is 1.55. The lowest BCUT2D eigenvalue weighted by molar-refractivity contribution is -0.389. The molecular weight excluding hydrogens is 546 g/mol. The average Bonchev–Trinajstić information content (AvgIpc) is 3.01. The smallest absolute Gasteiger partial charge is 0.363 e. The maximum absolute atomic E-state index is 14.6. The van der Waals surface area contributed by atoms with Crippen LogP contribution in [0.15, 0.2) is 53.7 Å². The predicted molar refractivity (Wildman–Crippen MR) is 153 cm³/mol. The van der Waals surface area contributed by atoms with E-state index in [-0.39, 0.29) is 28.2 Å². The molecule has 5 heterocycles. The van der Waals surface area contributed by atoms with Crippen molar-refractivity contribution >= 4 is 22.4 Å². The quantitative estimate of drug-likeness (QED) is 0.221. The maximum atomic E-state index is 14.6. The number of ether oxygens (including phenoxy) is 1. The van der Waals surface area contributed by atoms with Crippen molar-refractivity contribution in [2.24, 2.45) is 0 Å². The Balaban J connectivity index is 1.36. The number of pyridine rings is 3. The minimum atomic E-state index is -0.999. The minimum absolute atomic E-state index is 0.0186. The second-order valence-electron chi connectivity index (χ2n) is 10.8. The number of aryl methyl sites for hydroxylation is 2. The van der Waals surface area contributed by atoms with Crippen LogP contribution in [-0.2, 0) is 26.1 Å². The van der Waals surface area contributed by atoms with Crippen LogP contribution in [-0.4, -0.2) is 50.6 Å². The molecule has 42 heavy (non-hydrogen) atoms. The molecular formula is C30H30F2N6O4. The fraction of sp³-hybridized carbons (Fsp3) is 0.367. The van der Waals surface area contributed by atoms with Crippen molar-refractivity contribution in [2.45, 2.75) is 51.4 Å². The molecule has 4 aromatic rings. The minimum Gasteiger partial charge on any atom is -0.481 e. The van der Waals surface area contributed by atoms with E-state index in [1.165, 1.54) is 12.3 Å². The first-order valence-electron chi connectivity index (χ1n) is 13.9. The zero-order valence-corrected chi connectivity index (χ0v) is 23.1. The highest BCUT2D eigenvalue weighted by molar-refractivity contribution is 5.83. The van der Waals surface area contributed by atoms with E-state index in [2.05, 4.69) is 19.8 Å². The van der Waals surface area contributed by atoms with Crippen LogP contribution in [0.1, 0.15) is 36.0 Å². The summed E-state index contributed by atoms with van der Waals surface area (Å²) in [4.78, 5) is 36.9. The highest BCUT2D eigenvalue weighted by Crippen LogP contribution is 2.30. The van der Waals surface area contributed by atoms with Crippen LogP contribution in [0, 0.1) is 21.7 Å². The van der Waals surface area contributed by atoms with Gasteiger partial charge < -0.3 is 24.3 Å². The lowest BCUT2D eigenvalue weighted by Crippen LogP contribution is -2.48. The summed E-state index contributed by atoms with van der Waals surface area (Å²) >= 11 is 0. The highest BCUT2D eigenvalue weighted by Gasteiger charge is 2.29. The molecule has 1 unspecified atom stereocenters. The van der Waals surface area contributed by atoms with Crippen molar-refractivity contribution < 1.29 is 18.4 Å². The number of halogens is 2. The Morgan fingerprint density at radius 1 is 1.14 bits per heavy atom. The van der Waals surface area contributed by atoms with Crippen LogP contribution in [0.3, 0.4) is 0 Å². The second kappa shape index (κ2) is 11.4. The van der Waals surface area contributed by atoms with E-state index in [0.717, 1.165) is 36.7 Å². The number of rotatable bonds is 8. The van der Waals surface area contributed by atoms with Gasteiger partial charge in [-0.25, -0.2) is 13.8 Å². The number of benzene rings is 1. The van der Waals surface area contributed by atoms with Crippen LogP contribution < -0.4 is 15.1 Å². The summed E-state index contributed by atoms with van der Waals surface area (Å²) in [6, 6.07) is 7.91. The summed E-state index contributed by atoms with van der Waals surface area (Å²) in [5, 5.41) is 11.3. The van der Waals surface area contributed by atoms with Gasteiger partial charge in [0.1, 0.15) is 0 Å². The first-order valence-corrected chi connectivity index (χ1v) is 13.9. The molecule has 10 nitrogen and oxygen atoms in total. The van der Waals surface area contributed by atoms with E-state index in [0.29, 0.717) is 56.0 Å². The number of hydrogen-bond acceptors (Lipinski definition) is 8. The normalized spacial score (nSPS) is 16.7. The molecule has 6 rings (SSSR count). The Labute approximate surface area is 240 Å². The molecule has 0 spiro atoms. The van der Waals surface area contributed by atoms with Crippen LogP contribution >= 0.6 is 0 Å². The topological polar surface area (TPSA) is 107 Å². The molecule has 12 heteroatoms. The molecule has 1 fully saturated rings. The van der Waals surface area contributed by atoms with Gasteiger partial charge in [0, 0.05) is 79.8 Å². The number of piperidine rings is 1. The molecule has 2 aliphatic rings. The summed E-state index contributed by atoms with van der Waals surface area (Å²) in [5.41, 5.74) is 2.70. The summed E-state index contributed by atoms with van der Waals surface area (Å²) in [5.74, 6) is -1.60. The van der Waals surface area contributed by atoms with E-state index in [9.17, 15) is 23.7 Å². The number of aromatic nitrogens is 3. The van der Waals surface area contributed by atoms with Gasteiger partial charge in [0.15, 0.2) is 23.3 Å². The van der Waals surface area contributed by atoms with Gasteiger partial charge in [-0.2, -0.15) is 0 Å². The Hall–Kier alpha value is -4.45. The van der Waals surface area contributed by atoms with Gasteiger partial charge in [0.2, 0.25) is 5.88 Å². The molecule has 1 aromatic carbocycles. The summed E-state index contributed by atoms with van der Waals surface area (Å²) in [6.45, 7) is 2.80. The molecule has 218 valence electrons. The zero-order chi connectivity index (χ0) is 29.4. The fourth-order valence-corrected chi connectivity index (χ4v) is 6.19. The molecule has 1 atom stereocenters. The molecule has 0 aliphatic carbocycles. The van der Waals surface area contributed by atoms with E-state index in [4.69, 9.17) is 4.74 Å². The monoisotopic (exact) mass is 576 g/mol. The van der Waals surface area contributed by atoms with Crippen molar-refractivity contribution in [3.8, 4) is 5.88 Å². The first-order chi connectivity index (χ1) is 20.3. The standard InChI is InChI=1S/C30H30F2N6O4/c1-42-27-12-19(8-9-33-27)15-37(22-4-2-10-35(18-22)21-6-7-26(34-14-21)38(40)41)17-20-16-36-11-3-5-23-28(32)25(31)13-24(29(23)36)30(20)39/h6-9,12-14,16,22H,2-5,10-11,15,17-18H2,1H3. The number of nitro groups is 1. The third kappa shape index (κ3) is 5.29. The number of anilines is 1. The van der Waals surface area contributed by atoms with Gasteiger partial charge in [0.25, 0.3) is 0 Å². The second-order valence-corrected chi connectivity index (χ2v) is 10.8. The van der Waals surface area contributed by atoms with Crippen molar-refractivity contribution in [3.05, 3.63) is 97.6 Å². The SMILES string of the molecule is COc1cc(CN(Cc2cn3c4c(c(F)c(F)cc4c2=O)CCC3)C2CCCN(c3ccc([N+](=O)[O-])nc3)C2)ccn1.